The van der Waals surface area contributed by atoms with Gasteiger partial charge in [0.25, 0.3) is 0 Å². The van der Waals surface area contributed by atoms with Gasteiger partial charge in [0.15, 0.2) is 0 Å². The van der Waals surface area contributed by atoms with Crippen molar-refractivity contribution in [1.29, 1.82) is 0 Å². The third-order valence-electron chi connectivity index (χ3n) is 4.90. The third-order valence-corrected chi connectivity index (χ3v) is 4.90. The minimum Gasteiger partial charge on any atom is -0.391 e. The molecule has 1 saturated carbocycles. The van der Waals surface area contributed by atoms with Crippen LogP contribution < -0.4 is 0 Å². The van der Waals surface area contributed by atoms with Gasteiger partial charge in [-0.3, -0.25) is 4.90 Å². The van der Waals surface area contributed by atoms with Gasteiger partial charge in [-0.2, -0.15) is 0 Å². The predicted molar refractivity (Wildman–Crippen MR) is 72.0 cm³/mol. The summed E-state index contributed by atoms with van der Waals surface area (Å²) in [5.41, 5.74) is 0.449. The molecule has 1 saturated heterocycles. The van der Waals surface area contributed by atoms with Crippen molar-refractivity contribution >= 4 is 0 Å². The normalized spacial score (nSPS) is 37.1. The molecule has 2 aliphatic rings. The number of aliphatic hydroxyl groups is 1. The van der Waals surface area contributed by atoms with Crippen molar-refractivity contribution in [2.45, 2.75) is 71.4 Å². The van der Waals surface area contributed by atoms with E-state index in [0.29, 0.717) is 11.5 Å². The minimum absolute atomic E-state index is 0.0545. The van der Waals surface area contributed by atoms with Crippen molar-refractivity contribution in [3.05, 3.63) is 0 Å². The highest BCUT2D eigenvalue weighted by Crippen LogP contribution is 2.35. The van der Waals surface area contributed by atoms with Gasteiger partial charge >= 0.3 is 0 Å². The zero-order chi connectivity index (χ0) is 12.5. The number of nitrogens with zero attached hydrogens (tertiary/aromatic N) is 1. The van der Waals surface area contributed by atoms with Crippen LogP contribution in [0.5, 0.6) is 0 Å². The molecule has 0 amide bonds. The Bertz CT molecular complexity index is 246. The highest BCUT2D eigenvalue weighted by Gasteiger charge is 2.33. The number of hydrogen-bond acceptors (Lipinski definition) is 2. The van der Waals surface area contributed by atoms with Gasteiger partial charge in [0.05, 0.1) is 6.10 Å². The molecule has 0 aromatic carbocycles. The maximum atomic E-state index is 10.0. The van der Waals surface area contributed by atoms with Gasteiger partial charge in [-0.15, -0.1) is 0 Å². The first-order chi connectivity index (χ1) is 7.98. The van der Waals surface area contributed by atoms with E-state index >= 15 is 0 Å². The van der Waals surface area contributed by atoms with Gasteiger partial charge in [-0.05, 0) is 62.9 Å². The van der Waals surface area contributed by atoms with E-state index in [1.165, 1.54) is 45.2 Å². The van der Waals surface area contributed by atoms with Crippen molar-refractivity contribution in [3.8, 4) is 0 Å². The molecule has 1 heterocycles. The summed E-state index contributed by atoms with van der Waals surface area (Å²) in [7, 11) is 0. The molecule has 1 aliphatic heterocycles. The Kier molecular flexibility index (Phi) is 4.14. The lowest BCUT2D eigenvalue weighted by Gasteiger charge is -2.32. The molecule has 2 fully saturated rings. The van der Waals surface area contributed by atoms with Gasteiger partial charge in [0.1, 0.15) is 0 Å². The van der Waals surface area contributed by atoms with Gasteiger partial charge in [0.2, 0.25) is 0 Å². The number of likely N-dealkylation sites (tertiary alicyclic amines) is 1. The predicted octanol–water partition coefficient (Wildman–Crippen LogP) is 3.05. The van der Waals surface area contributed by atoms with Crippen LogP contribution in [-0.4, -0.2) is 35.2 Å². The molecular weight excluding hydrogens is 210 g/mol. The highest BCUT2D eigenvalue weighted by molar-refractivity contribution is 4.88. The quantitative estimate of drug-likeness (QED) is 0.760. The molecule has 100 valence electrons. The second-order valence-electron chi connectivity index (χ2n) is 7.10. The lowest BCUT2D eigenvalue weighted by Crippen LogP contribution is -2.41. The Hall–Kier alpha value is -0.0800. The van der Waals surface area contributed by atoms with Crippen molar-refractivity contribution in [1.82, 2.24) is 4.90 Å². The molecule has 3 atom stereocenters. The number of aliphatic hydroxyl groups excluding tert-OH is 1. The molecule has 3 unspecified atom stereocenters. The SMILES string of the molecule is CC(C)(C)C1CCCN(C2CCCC2O)CC1. The molecule has 1 N–H and O–H groups in total. The average molecular weight is 239 g/mol. The first-order valence-electron chi connectivity index (χ1n) is 7.40. The molecular formula is C15H29NO. The Morgan fingerprint density at radius 2 is 1.71 bits per heavy atom. The van der Waals surface area contributed by atoms with Gasteiger partial charge in [-0.25, -0.2) is 0 Å². The summed E-state index contributed by atoms with van der Waals surface area (Å²) in [5.74, 6) is 0.853. The largest absolute Gasteiger partial charge is 0.391 e. The van der Waals surface area contributed by atoms with E-state index < -0.39 is 0 Å². The van der Waals surface area contributed by atoms with Crippen molar-refractivity contribution in [3.63, 3.8) is 0 Å². The Morgan fingerprint density at radius 1 is 0.941 bits per heavy atom. The van der Waals surface area contributed by atoms with E-state index in [0.717, 1.165) is 12.3 Å². The monoisotopic (exact) mass is 239 g/mol. The molecule has 0 radical (unpaired) electrons. The van der Waals surface area contributed by atoms with Gasteiger partial charge in [0, 0.05) is 6.04 Å². The van der Waals surface area contributed by atoms with E-state index in [2.05, 4.69) is 25.7 Å². The second-order valence-corrected chi connectivity index (χ2v) is 7.10. The summed E-state index contributed by atoms with van der Waals surface area (Å²) in [6, 6.07) is 0.466. The van der Waals surface area contributed by atoms with Crippen LogP contribution in [0.3, 0.4) is 0 Å². The van der Waals surface area contributed by atoms with Crippen molar-refractivity contribution in [2.24, 2.45) is 11.3 Å². The zero-order valence-electron chi connectivity index (χ0n) is 11.8. The average Bonchev–Trinajstić information content (AvgIpc) is 2.53. The van der Waals surface area contributed by atoms with E-state index in [1.807, 2.05) is 0 Å². The molecule has 0 bridgehead atoms. The standard InChI is InChI=1S/C15H29NO/c1-15(2,3)12-6-5-10-16(11-9-12)13-7-4-8-14(13)17/h12-14,17H,4-11H2,1-3H3. The first-order valence-corrected chi connectivity index (χ1v) is 7.40. The van der Waals surface area contributed by atoms with E-state index in [1.54, 1.807) is 0 Å². The highest BCUT2D eigenvalue weighted by atomic mass is 16.3. The fourth-order valence-electron chi connectivity index (χ4n) is 3.66. The third kappa shape index (κ3) is 3.23. The summed E-state index contributed by atoms with van der Waals surface area (Å²) in [4.78, 5) is 2.57. The van der Waals surface area contributed by atoms with E-state index in [4.69, 9.17) is 0 Å². The Morgan fingerprint density at radius 3 is 2.29 bits per heavy atom. The van der Waals surface area contributed by atoms with Crippen molar-refractivity contribution < 1.29 is 5.11 Å². The molecule has 0 spiro atoms. The van der Waals surface area contributed by atoms with Gasteiger partial charge in [-0.1, -0.05) is 20.8 Å². The summed E-state index contributed by atoms with van der Waals surface area (Å²) in [6.07, 6.45) is 7.37. The lowest BCUT2D eigenvalue weighted by molar-refractivity contribution is 0.0707. The first kappa shape index (κ1) is 13.4. The smallest absolute Gasteiger partial charge is 0.0695 e. The maximum absolute atomic E-state index is 10.0. The summed E-state index contributed by atoms with van der Waals surface area (Å²) in [5, 5.41) is 10.0. The minimum atomic E-state index is -0.0545. The van der Waals surface area contributed by atoms with Crippen LogP contribution in [0.15, 0.2) is 0 Å². The number of hydrogen-bond donors (Lipinski definition) is 1. The molecule has 2 nitrogen and oxygen atoms in total. The fourth-order valence-corrected chi connectivity index (χ4v) is 3.66. The topological polar surface area (TPSA) is 23.5 Å². The van der Waals surface area contributed by atoms with Crippen molar-refractivity contribution in [2.75, 3.05) is 13.1 Å². The van der Waals surface area contributed by atoms with Crippen LogP contribution in [-0.2, 0) is 0 Å². The van der Waals surface area contributed by atoms with Crippen LogP contribution >= 0.6 is 0 Å². The lowest BCUT2D eigenvalue weighted by atomic mass is 9.77. The van der Waals surface area contributed by atoms with E-state index in [9.17, 15) is 5.11 Å². The van der Waals surface area contributed by atoms with Crippen LogP contribution in [0.4, 0.5) is 0 Å². The van der Waals surface area contributed by atoms with Crippen LogP contribution in [0.1, 0.15) is 59.3 Å². The molecule has 0 aromatic heterocycles. The Balaban J connectivity index is 1.91. The molecule has 2 rings (SSSR count). The summed E-state index contributed by atoms with van der Waals surface area (Å²) < 4.78 is 0. The summed E-state index contributed by atoms with van der Waals surface area (Å²) in [6.45, 7) is 9.52. The second kappa shape index (κ2) is 5.27. The van der Waals surface area contributed by atoms with Crippen LogP contribution in [0.25, 0.3) is 0 Å². The zero-order valence-corrected chi connectivity index (χ0v) is 11.8. The Labute approximate surface area is 106 Å². The molecule has 0 aromatic rings. The van der Waals surface area contributed by atoms with E-state index in [-0.39, 0.29) is 6.10 Å². The fraction of sp³-hybridized carbons (Fsp3) is 1.00. The molecule has 2 heteroatoms. The van der Waals surface area contributed by atoms with Crippen LogP contribution in [0, 0.1) is 11.3 Å². The summed E-state index contributed by atoms with van der Waals surface area (Å²) >= 11 is 0. The molecule has 1 aliphatic carbocycles. The molecule has 17 heavy (non-hydrogen) atoms. The number of rotatable bonds is 1. The van der Waals surface area contributed by atoms with Gasteiger partial charge < -0.3 is 5.11 Å². The maximum Gasteiger partial charge on any atom is 0.0695 e. The van der Waals surface area contributed by atoms with Crippen LogP contribution in [0.2, 0.25) is 0 Å².